The Bertz CT molecular complexity index is 263. The lowest BCUT2D eigenvalue weighted by atomic mass is 10.1. The Balaban J connectivity index is 2.75. The van der Waals surface area contributed by atoms with Crippen LogP contribution in [0.15, 0.2) is 22.7 Å². The molecule has 0 radical (unpaired) electrons. The first-order chi connectivity index (χ1) is 5.74. The van der Waals surface area contributed by atoms with Crippen LogP contribution in [0.4, 0.5) is 4.39 Å². The minimum atomic E-state index is -0.150. The molecule has 12 heavy (non-hydrogen) atoms. The normalized spacial score (nSPS) is 10.2. The summed E-state index contributed by atoms with van der Waals surface area (Å²) >= 11 is 8.80. The molecule has 0 spiro atoms. The predicted molar refractivity (Wildman–Crippen MR) is 53.1 cm³/mol. The number of alkyl halides is 1. The largest absolute Gasteiger partial charge is 0.207 e. The highest BCUT2D eigenvalue weighted by molar-refractivity contribution is 9.10. The van der Waals surface area contributed by atoms with Crippen molar-refractivity contribution in [1.29, 1.82) is 0 Å². The second kappa shape index (κ2) is 4.83. The summed E-state index contributed by atoms with van der Waals surface area (Å²) in [5, 5.41) is 0. The van der Waals surface area contributed by atoms with Crippen molar-refractivity contribution < 1.29 is 4.39 Å². The van der Waals surface area contributed by atoms with Crippen molar-refractivity contribution in [2.45, 2.75) is 12.8 Å². The van der Waals surface area contributed by atoms with Gasteiger partial charge in [-0.05, 0) is 36.6 Å². The van der Waals surface area contributed by atoms with Crippen molar-refractivity contribution in [2.24, 2.45) is 0 Å². The standard InChI is InChI=1S/C9H9BrClF/c10-8-3-4-9(12)7(6-8)2-1-5-11/h3-4,6H,1-2,5H2. The van der Waals surface area contributed by atoms with Gasteiger partial charge in [0.15, 0.2) is 0 Å². The quantitative estimate of drug-likeness (QED) is 0.718. The van der Waals surface area contributed by atoms with Crippen LogP contribution in [-0.2, 0) is 6.42 Å². The number of hydrogen-bond acceptors (Lipinski definition) is 0. The maximum atomic E-state index is 13.0. The van der Waals surface area contributed by atoms with E-state index in [1.165, 1.54) is 6.07 Å². The third kappa shape index (κ3) is 2.76. The van der Waals surface area contributed by atoms with Crippen molar-refractivity contribution >= 4 is 27.5 Å². The van der Waals surface area contributed by atoms with Crippen molar-refractivity contribution in [3.05, 3.63) is 34.1 Å². The van der Waals surface area contributed by atoms with E-state index >= 15 is 0 Å². The first-order valence-electron chi connectivity index (χ1n) is 3.74. The molecule has 0 atom stereocenters. The molecule has 0 amide bonds. The van der Waals surface area contributed by atoms with Gasteiger partial charge < -0.3 is 0 Å². The van der Waals surface area contributed by atoms with Crippen LogP contribution in [0.3, 0.4) is 0 Å². The fourth-order valence-electron chi connectivity index (χ4n) is 0.992. The summed E-state index contributed by atoms with van der Waals surface area (Å²) in [4.78, 5) is 0. The molecule has 0 aliphatic rings. The van der Waals surface area contributed by atoms with Crippen LogP contribution in [-0.4, -0.2) is 5.88 Å². The highest BCUT2D eigenvalue weighted by Gasteiger charge is 2.01. The van der Waals surface area contributed by atoms with Gasteiger partial charge in [0.25, 0.3) is 0 Å². The van der Waals surface area contributed by atoms with Crippen LogP contribution >= 0.6 is 27.5 Å². The van der Waals surface area contributed by atoms with Gasteiger partial charge in [-0.25, -0.2) is 4.39 Å². The zero-order valence-electron chi connectivity index (χ0n) is 6.49. The van der Waals surface area contributed by atoms with E-state index in [0.717, 1.165) is 16.5 Å². The van der Waals surface area contributed by atoms with Gasteiger partial charge in [0.2, 0.25) is 0 Å². The Kier molecular flexibility index (Phi) is 4.02. The molecule has 66 valence electrons. The van der Waals surface area contributed by atoms with Crippen molar-refractivity contribution in [3.8, 4) is 0 Å². The van der Waals surface area contributed by atoms with Crippen LogP contribution in [0.1, 0.15) is 12.0 Å². The maximum Gasteiger partial charge on any atom is 0.126 e. The fourth-order valence-corrected chi connectivity index (χ4v) is 1.53. The molecule has 1 aromatic carbocycles. The summed E-state index contributed by atoms with van der Waals surface area (Å²) < 4.78 is 13.9. The van der Waals surface area contributed by atoms with E-state index in [1.54, 1.807) is 12.1 Å². The first-order valence-corrected chi connectivity index (χ1v) is 5.06. The smallest absolute Gasteiger partial charge is 0.126 e. The zero-order chi connectivity index (χ0) is 8.97. The van der Waals surface area contributed by atoms with E-state index in [-0.39, 0.29) is 5.82 Å². The summed E-state index contributed by atoms with van der Waals surface area (Å²) in [7, 11) is 0. The van der Waals surface area contributed by atoms with Gasteiger partial charge in [-0.3, -0.25) is 0 Å². The zero-order valence-corrected chi connectivity index (χ0v) is 8.83. The van der Waals surface area contributed by atoms with Crippen molar-refractivity contribution in [1.82, 2.24) is 0 Å². The lowest BCUT2D eigenvalue weighted by molar-refractivity contribution is 0.607. The molecule has 0 unspecified atom stereocenters. The van der Waals surface area contributed by atoms with Crippen LogP contribution in [0, 0.1) is 5.82 Å². The minimum absolute atomic E-state index is 0.150. The van der Waals surface area contributed by atoms with Crippen LogP contribution in [0.25, 0.3) is 0 Å². The summed E-state index contributed by atoms with van der Waals surface area (Å²) in [5.74, 6) is 0.426. The second-order valence-corrected chi connectivity index (χ2v) is 3.82. The molecular weight excluding hydrogens is 242 g/mol. The highest BCUT2D eigenvalue weighted by atomic mass is 79.9. The average molecular weight is 252 g/mol. The molecule has 3 heteroatoms. The van der Waals surface area contributed by atoms with Crippen LogP contribution in [0.5, 0.6) is 0 Å². The molecule has 1 aromatic rings. The highest BCUT2D eigenvalue weighted by Crippen LogP contribution is 2.16. The molecule has 0 saturated heterocycles. The summed E-state index contributed by atoms with van der Waals surface area (Å²) in [5.41, 5.74) is 0.727. The Hall–Kier alpha value is -0.0800. The number of aryl methyl sites for hydroxylation is 1. The van der Waals surface area contributed by atoms with Crippen LogP contribution < -0.4 is 0 Å². The average Bonchev–Trinajstić information content (AvgIpc) is 2.07. The fraction of sp³-hybridized carbons (Fsp3) is 0.333. The molecule has 0 bridgehead atoms. The Labute approximate surface area is 84.9 Å². The van der Waals surface area contributed by atoms with E-state index in [9.17, 15) is 4.39 Å². The Morgan fingerprint density at radius 1 is 1.42 bits per heavy atom. The first kappa shape index (κ1) is 10.0. The van der Waals surface area contributed by atoms with Gasteiger partial charge in [0, 0.05) is 10.4 Å². The van der Waals surface area contributed by atoms with Crippen LogP contribution in [0.2, 0.25) is 0 Å². The number of rotatable bonds is 3. The van der Waals surface area contributed by atoms with Gasteiger partial charge in [-0.2, -0.15) is 0 Å². The molecule has 0 N–H and O–H groups in total. The molecule has 0 aliphatic carbocycles. The number of hydrogen-bond donors (Lipinski definition) is 0. The molecule has 0 nitrogen and oxygen atoms in total. The molecule has 0 heterocycles. The topological polar surface area (TPSA) is 0 Å². The van der Waals surface area contributed by atoms with Gasteiger partial charge in [0.05, 0.1) is 0 Å². The summed E-state index contributed by atoms with van der Waals surface area (Å²) in [6.07, 6.45) is 1.52. The van der Waals surface area contributed by atoms with E-state index < -0.39 is 0 Å². The lowest BCUT2D eigenvalue weighted by Crippen LogP contribution is -1.91. The van der Waals surface area contributed by atoms with Gasteiger partial charge in [-0.15, -0.1) is 11.6 Å². The van der Waals surface area contributed by atoms with E-state index in [1.807, 2.05) is 0 Å². The van der Waals surface area contributed by atoms with E-state index in [4.69, 9.17) is 11.6 Å². The SMILES string of the molecule is Fc1ccc(Br)cc1CCCCl. The number of benzene rings is 1. The van der Waals surface area contributed by atoms with Gasteiger partial charge in [0.1, 0.15) is 5.82 Å². The van der Waals surface area contributed by atoms with Crippen molar-refractivity contribution in [3.63, 3.8) is 0 Å². The molecule has 1 rings (SSSR count). The second-order valence-electron chi connectivity index (χ2n) is 2.53. The van der Waals surface area contributed by atoms with E-state index in [2.05, 4.69) is 15.9 Å². The van der Waals surface area contributed by atoms with Gasteiger partial charge >= 0.3 is 0 Å². The molecule has 0 fully saturated rings. The lowest BCUT2D eigenvalue weighted by Gasteiger charge is -2.01. The third-order valence-corrected chi connectivity index (χ3v) is 2.35. The minimum Gasteiger partial charge on any atom is -0.207 e. The van der Waals surface area contributed by atoms with Crippen molar-refractivity contribution in [2.75, 3.05) is 5.88 Å². The summed E-state index contributed by atoms with van der Waals surface area (Å²) in [6.45, 7) is 0. The molecule has 0 aliphatic heterocycles. The number of halogens is 3. The maximum absolute atomic E-state index is 13.0. The predicted octanol–water partition coefficient (Wildman–Crippen LogP) is 3.76. The molecule has 0 aromatic heterocycles. The monoisotopic (exact) mass is 250 g/mol. The van der Waals surface area contributed by atoms with Gasteiger partial charge in [-0.1, -0.05) is 15.9 Å². The Morgan fingerprint density at radius 3 is 2.83 bits per heavy atom. The molecule has 0 saturated carbocycles. The Morgan fingerprint density at radius 2 is 2.17 bits per heavy atom. The van der Waals surface area contributed by atoms with E-state index in [0.29, 0.717) is 12.3 Å². The third-order valence-electron chi connectivity index (χ3n) is 1.59. The summed E-state index contributed by atoms with van der Waals surface area (Å²) in [6, 6.07) is 4.95. The molecular formula is C9H9BrClF.